The van der Waals surface area contributed by atoms with Crippen LogP contribution in [-0.2, 0) is 12.8 Å². The summed E-state index contributed by atoms with van der Waals surface area (Å²) < 4.78 is 5.68. The van der Waals surface area contributed by atoms with E-state index in [0.717, 1.165) is 12.2 Å². The third-order valence-corrected chi connectivity index (χ3v) is 3.94. The maximum Gasteiger partial charge on any atom is 0.119 e. The SMILES string of the molecule is CC(C)Oc1ccc(NC2CCc3ccccc3C2)cc1. The lowest BCUT2D eigenvalue weighted by atomic mass is 9.88. The third kappa shape index (κ3) is 3.57. The smallest absolute Gasteiger partial charge is 0.119 e. The molecule has 0 saturated heterocycles. The van der Waals surface area contributed by atoms with E-state index in [1.807, 2.05) is 26.0 Å². The number of benzene rings is 2. The molecule has 21 heavy (non-hydrogen) atoms. The zero-order valence-corrected chi connectivity index (χ0v) is 12.8. The van der Waals surface area contributed by atoms with E-state index in [0.29, 0.717) is 6.04 Å². The summed E-state index contributed by atoms with van der Waals surface area (Å²) in [5, 5.41) is 3.65. The van der Waals surface area contributed by atoms with Gasteiger partial charge in [0.2, 0.25) is 0 Å². The van der Waals surface area contributed by atoms with Crippen LogP contribution in [0.25, 0.3) is 0 Å². The molecular formula is C19H23NO. The van der Waals surface area contributed by atoms with Gasteiger partial charge in [-0.25, -0.2) is 0 Å². The molecule has 2 aromatic carbocycles. The Morgan fingerprint density at radius 1 is 1.00 bits per heavy atom. The topological polar surface area (TPSA) is 21.3 Å². The van der Waals surface area contributed by atoms with Crippen LogP contribution in [0.2, 0.25) is 0 Å². The average molecular weight is 281 g/mol. The fraction of sp³-hybridized carbons (Fsp3) is 0.368. The van der Waals surface area contributed by atoms with Gasteiger partial charge in [-0.2, -0.15) is 0 Å². The van der Waals surface area contributed by atoms with Crippen molar-refractivity contribution in [2.45, 2.75) is 45.3 Å². The average Bonchev–Trinajstić information content (AvgIpc) is 2.49. The van der Waals surface area contributed by atoms with E-state index < -0.39 is 0 Å². The number of hydrogen-bond acceptors (Lipinski definition) is 2. The van der Waals surface area contributed by atoms with Crippen molar-refractivity contribution in [3.8, 4) is 5.75 Å². The Hall–Kier alpha value is -1.96. The molecular weight excluding hydrogens is 258 g/mol. The predicted molar refractivity (Wildman–Crippen MR) is 88.1 cm³/mol. The molecule has 3 rings (SSSR count). The Kier molecular flexibility index (Phi) is 4.14. The van der Waals surface area contributed by atoms with Gasteiger partial charge in [0.25, 0.3) is 0 Å². The summed E-state index contributed by atoms with van der Waals surface area (Å²) in [5.41, 5.74) is 4.17. The zero-order valence-electron chi connectivity index (χ0n) is 12.8. The Morgan fingerprint density at radius 3 is 2.43 bits per heavy atom. The molecule has 1 unspecified atom stereocenters. The van der Waals surface area contributed by atoms with Crippen molar-refractivity contribution in [3.05, 3.63) is 59.7 Å². The molecule has 0 spiro atoms. The van der Waals surface area contributed by atoms with Gasteiger partial charge < -0.3 is 10.1 Å². The molecule has 0 aromatic heterocycles. The monoisotopic (exact) mass is 281 g/mol. The van der Waals surface area contributed by atoms with Crippen LogP contribution in [0.4, 0.5) is 5.69 Å². The van der Waals surface area contributed by atoms with Crippen LogP contribution in [0.5, 0.6) is 5.75 Å². The van der Waals surface area contributed by atoms with Gasteiger partial charge in [-0.3, -0.25) is 0 Å². The lowest BCUT2D eigenvalue weighted by Gasteiger charge is -2.26. The molecule has 1 atom stereocenters. The highest BCUT2D eigenvalue weighted by atomic mass is 16.5. The first-order valence-electron chi connectivity index (χ1n) is 7.81. The summed E-state index contributed by atoms with van der Waals surface area (Å²) >= 11 is 0. The molecule has 0 aliphatic heterocycles. The molecule has 0 heterocycles. The van der Waals surface area contributed by atoms with Gasteiger partial charge in [0.15, 0.2) is 0 Å². The maximum absolute atomic E-state index is 5.68. The Bertz CT molecular complexity index is 589. The largest absolute Gasteiger partial charge is 0.491 e. The molecule has 0 amide bonds. The number of ether oxygens (including phenoxy) is 1. The van der Waals surface area contributed by atoms with Gasteiger partial charge in [-0.1, -0.05) is 24.3 Å². The van der Waals surface area contributed by atoms with Crippen LogP contribution in [0, 0.1) is 0 Å². The first kappa shape index (κ1) is 14.0. The van der Waals surface area contributed by atoms with Gasteiger partial charge in [0.1, 0.15) is 5.75 Å². The number of hydrogen-bond donors (Lipinski definition) is 1. The van der Waals surface area contributed by atoms with Crippen LogP contribution in [0.1, 0.15) is 31.4 Å². The fourth-order valence-corrected chi connectivity index (χ4v) is 2.96. The molecule has 0 bridgehead atoms. The maximum atomic E-state index is 5.68. The normalized spacial score (nSPS) is 17.4. The van der Waals surface area contributed by atoms with E-state index in [9.17, 15) is 0 Å². The number of nitrogens with one attached hydrogen (secondary N) is 1. The molecule has 1 N–H and O–H groups in total. The second-order valence-corrected chi connectivity index (χ2v) is 6.04. The minimum Gasteiger partial charge on any atom is -0.491 e. The fourth-order valence-electron chi connectivity index (χ4n) is 2.96. The highest BCUT2D eigenvalue weighted by Gasteiger charge is 2.17. The molecule has 1 aliphatic rings. The van der Waals surface area contributed by atoms with Crippen LogP contribution in [0.15, 0.2) is 48.5 Å². The first-order chi connectivity index (χ1) is 10.2. The highest BCUT2D eigenvalue weighted by Crippen LogP contribution is 2.24. The van der Waals surface area contributed by atoms with Gasteiger partial charge >= 0.3 is 0 Å². The molecule has 0 radical (unpaired) electrons. The van der Waals surface area contributed by atoms with Crippen LogP contribution < -0.4 is 10.1 Å². The number of fused-ring (bicyclic) bond motifs is 1. The highest BCUT2D eigenvalue weighted by molar-refractivity contribution is 5.48. The molecule has 2 heteroatoms. The molecule has 0 fully saturated rings. The lowest BCUT2D eigenvalue weighted by Crippen LogP contribution is -2.27. The van der Waals surface area contributed by atoms with E-state index in [4.69, 9.17) is 4.74 Å². The van der Waals surface area contributed by atoms with E-state index in [2.05, 4.69) is 41.7 Å². The van der Waals surface area contributed by atoms with E-state index >= 15 is 0 Å². The minimum atomic E-state index is 0.221. The number of aryl methyl sites for hydroxylation is 1. The predicted octanol–water partition coefficient (Wildman–Crippen LogP) is 4.44. The van der Waals surface area contributed by atoms with Gasteiger partial charge in [0, 0.05) is 11.7 Å². The Labute approximate surface area is 127 Å². The first-order valence-corrected chi connectivity index (χ1v) is 7.81. The van der Waals surface area contributed by atoms with Crippen LogP contribution >= 0.6 is 0 Å². The number of anilines is 1. The van der Waals surface area contributed by atoms with E-state index in [-0.39, 0.29) is 6.10 Å². The van der Waals surface area contributed by atoms with Gasteiger partial charge in [0.05, 0.1) is 6.10 Å². The summed E-state index contributed by atoms with van der Waals surface area (Å²) in [6, 6.07) is 17.6. The van der Waals surface area contributed by atoms with Crippen LogP contribution in [-0.4, -0.2) is 12.1 Å². The lowest BCUT2D eigenvalue weighted by molar-refractivity contribution is 0.242. The van der Waals surface area contributed by atoms with E-state index in [1.54, 1.807) is 0 Å². The number of rotatable bonds is 4. The molecule has 0 saturated carbocycles. The van der Waals surface area contributed by atoms with Crippen LogP contribution in [0.3, 0.4) is 0 Å². The van der Waals surface area contributed by atoms with Crippen molar-refractivity contribution >= 4 is 5.69 Å². The third-order valence-electron chi connectivity index (χ3n) is 3.94. The summed E-state index contributed by atoms with van der Waals surface area (Å²) in [5.74, 6) is 0.935. The Balaban J connectivity index is 1.62. The molecule has 2 nitrogen and oxygen atoms in total. The summed E-state index contributed by atoms with van der Waals surface area (Å²) in [4.78, 5) is 0. The quantitative estimate of drug-likeness (QED) is 0.894. The second-order valence-electron chi connectivity index (χ2n) is 6.04. The standard InChI is InChI=1S/C19H23NO/c1-14(2)21-19-11-9-17(10-12-19)20-18-8-7-15-5-3-4-6-16(15)13-18/h3-6,9-12,14,18,20H,7-8,13H2,1-2H3. The molecule has 110 valence electrons. The van der Waals surface area contributed by atoms with Crippen molar-refractivity contribution in [2.24, 2.45) is 0 Å². The molecule has 2 aromatic rings. The molecule has 1 aliphatic carbocycles. The van der Waals surface area contributed by atoms with E-state index in [1.165, 1.54) is 29.7 Å². The Morgan fingerprint density at radius 2 is 1.71 bits per heavy atom. The summed E-state index contributed by atoms with van der Waals surface area (Å²) in [7, 11) is 0. The van der Waals surface area contributed by atoms with Crippen molar-refractivity contribution in [2.75, 3.05) is 5.32 Å². The van der Waals surface area contributed by atoms with Gasteiger partial charge in [-0.05, 0) is 68.5 Å². The van der Waals surface area contributed by atoms with Crippen molar-refractivity contribution in [1.29, 1.82) is 0 Å². The second kappa shape index (κ2) is 6.21. The summed E-state index contributed by atoms with van der Waals surface area (Å²) in [6.07, 6.45) is 3.70. The van der Waals surface area contributed by atoms with Crippen molar-refractivity contribution in [1.82, 2.24) is 0 Å². The van der Waals surface area contributed by atoms with Crippen molar-refractivity contribution in [3.63, 3.8) is 0 Å². The minimum absolute atomic E-state index is 0.221. The summed E-state index contributed by atoms with van der Waals surface area (Å²) in [6.45, 7) is 4.09. The van der Waals surface area contributed by atoms with Crippen molar-refractivity contribution < 1.29 is 4.74 Å². The zero-order chi connectivity index (χ0) is 14.7. The van der Waals surface area contributed by atoms with Gasteiger partial charge in [-0.15, -0.1) is 0 Å².